The number of hydrogen-bond donors (Lipinski definition) is 1. The molecule has 1 unspecified atom stereocenters. The molecule has 0 spiro atoms. The zero-order chi connectivity index (χ0) is 14.5. The van der Waals surface area contributed by atoms with Gasteiger partial charge in [0.1, 0.15) is 5.76 Å². The smallest absolute Gasteiger partial charge is 0.227 e. The van der Waals surface area contributed by atoms with Crippen LogP contribution in [0.15, 0.2) is 4.52 Å². The Morgan fingerprint density at radius 3 is 2.85 bits per heavy atom. The first-order valence-corrected chi connectivity index (χ1v) is 7.55. The van der Waals surface area contributed by atoms with Crippen molar-refractivity contribution in [2.45, 2.75) is 52.5 Å². The van der Waals surface area contributed by atoms with E-state index in [-0.39, 0.29) is 5.91 Å². The lowest BCUT2D eigenvalue weighted by Gasteiger charge is -2.34. The van der Waals surface area contributed by atoms with Crippen molar-refractivity contribution in [2.75, 3.05) is 19.6 Å². The van der Waals surface area contributed by atoms with Crippen molar-refractivity contribution in [3.63, 3.8) is 0 Å². The molecule has 20 heavy (non-hydrogen) atoms. The zero-order valence-corrected chi connectivity index (χ0v) is 12.7. The number of aryl methyl sites for hydroxylation is 2. The van der Waals surface area contributed by atoms with Gasteiger partial charge < -0.3 is 14.7 Å². The van der Waals surface area contributed by atoms with Gasteiger partial charge in [0.15, 0.2) is 0 Å². The number of carbonyl (C=O) groups excluding carboxylic acids is 1. The minimum absolute atomic E-state index is 0.190. The second-order valence-corrected chi connectivity index (χ2v) is 5.57. The summed E-state index contributed by atoms with van der Waals surface area (Å²) in [6.45, 7) is 8.68. The first-order chi connectivity index (χ1) is 9.63. The number of aromatic nitrogens is 1. The van der Waals surface area contributed by atoms with Crippen molar-refractivity contribution in [3.05, 3.63) is 17.0 Å². The molecule has 1 N–H and O–H groups in total. The standard InChI is InChI=1S/C15H25N3O2/c1-4-8-18(13-6-5-7-16-10-13)15(19)9-14-11(2)17-20-12(14)3/h13,16H,4-10H2,1-3H3. The largest absolute Gasteiger partial charge is 0.361 e. The van der Waals surface area contributed by atoms with Gasteiger partial charge in [-0.25, -0.2) is 0 Å². The Balaban J connectivity index is 2.06. The predicted molar refractivity (Wildman–Crippen MR) is 77.6 cm³/mol. The van der Waals surface area contributed by atoms with Gasteiger partial charge in [0.2, 0.25) is 5.91 Å². The summed E-state index contributed by atoms with van der Waals surface area (Å²) in [4.78, 5) is 14.7. The topological polar surface area (TPSA) is 58.4 Å². The van der Waals surface area contributed by atoms with Crippen LogP contribution < -0.4 is 5.32 Å². The van der Waals surface area contributed by atoms with Crippen molar-refractivity contribution in [2.24, 2.45) is 0 Å². The molecule has 5 nitrogen and oxygen atoms in total. The summed E-state index contributed by atoms with van der Waals surface area (Å²) in [6, 6.07) is 0.330. The van der Waals surface area contributed by atoms with E-state index in [9.17, 15) is 4.79 Å². The number of hydrogen-bond acceptors (Lipinski definition) is 4. The van der Waals surface area contributed by atoms with Gasteiger partial charge in [0.05, 0.1) is 12.1 Å². The average molecular weight is 279 g/mol. The van der Waals surface area contributed by atoms with E-state index >= 15 is 0 Å². The van der Waals surface area contributed by atoms with Crippen molar-refractivity contribution >= 4 is 5.91 Å². The van der Waals surface area contributed by atoms with E-state index in [4.69, 9.17) is 4.52 Å². The summed E-state index contributed by atoms with van der Waals surface area (Å²) in [5.41, 5.74) is 1.77. The molecule has 0 radical (unpaired) electrons. The highest BCUT2D eigenvalue weighted by Gasteiger charge is 2.26. The predicted octanol–water partition coefficient (Wildman–Crippen LogP) is 1.82. The van der Waals surface area contributed by atoms with E-state index < -0.39 is 0 Å². The van der Waals surface area contributed by atoms with Gasteiger partial charge in [-0.2, -0.15) is 0 Å². The Kier molecular flexibility index (Phi) is 5.17. The number of amides is 1. The van der Waals surface area contributed by atoms with Crippen molar-refractivity contribution in [3.8, 4) is 0 Å². The highest BCUT2D eigenvalue weighted by molar-refractivity contribution is 5.79. The monoisotopic (exact) mass is 279 g/mol. The molecule has 1 aliphatic heterocycles. The Morgan fingerprint density at radius 2 is 2.30 bits per heavy atom. The summed E-state index contributed by atoms with van der Waals surface area (Å²) in [5, 5.41) is 7.31. The lowest BCUT2D eigenvalue weighted by molar-refractivity contribution is -0.133. The quantitative estimate of drug-likeness (QED) is 0.893. The van der Waals surface area contributed by atoms with Gasteiger partial charge in [-0.3, -0.25) is 4.79 Å². The lowest BCUT2D eigenvalue weighted by Crippen LogP contribution is -2.49. The summed E-state index contributed by atoms with van der Waals surface area (Å²) >= 11 is 0. The number of piperidine rings is 1. The van der Waals surface area contributed by atoms with Crippen LogP contribution >= 0.6 is 0 Å². The number of rotatable bonds is 5. The molecule has 0 saturated carbocycles. The zero-order valence-electron chi connectivity index (χ0n) is 12.7. The van der Waals surface area contributed by atoms with E-state index in [1.807, 2.05) is 18.7 Å². The van der Waals surface area contributed by atoms with Gasteiger partial charge in [-0.1, -0.05) is 12.1 Å². The van der Waals surface area contributed by atoms with Crippen molar-refractivity contribution in [1.29, 1.82) is 0 Å². The molecule has 1 aliphatic rings. The maximum absolute atomic E-state index is 12.6. The SMILES string of the molecule is CCCN(C(=O)Cc1c(C)noc1C)C1CCCNC1. The molecular formula is C15H25N3O2. The Morgan fingerprint density at radius 1 is 1.50 bits per heavy atom. The van der Waals surface area contributed by atoms with Crippen LogP contribution in [0.3, 0.4) is 0 Å². The van der Waals surface area contributed by atoms with Crippen LogP contribution in [0.4, 0.5) is 0 Å². The number of nitrogens with zero attached hydrogens (tertiary/aromatic N) is 2. The third-order valence-corrected chi connectivity index (χ3v) is 4.01. The number of nitrogens with one attached hydrogen (secondary N) is 1. The Labute approximate surface area is 120 Å². The van der Waals surface area contributed by atoms with Gasteiger partial charge in [0.25, 0.3) is 0 Å². The first-order valence-electron chi connectivity index (χ1n) is 7.55. The molecule has 1 aromatic heterocycles. The molecular weight excluding hydrogens is 254 g/mol. The fraction of sp³-hybridized carbons (Fsp3) is 0.733. The Hall–Kier alpha value is -1.36. The molecule has 0 bridgehead atoms. The maximum Gasteiger partial charge on any atom is 0.227 e. The van der Waals surface area contributed by atoms with Crippen LogP contribution in [-0.4, -0.2) is 41.6 Å². The van der Waals surface area contributed by atoms with Crippen LogP contribution in [0.25, 0.3) is 0 Å². The van der Waals surface area contributed by atoms with Crippen LogP contribution in [-0.2, 0) is 11.2 Å². The molecule has 2 rings (SSSR count). The van der Waals surface area contributed by atoms with Gasteiger partial charge in [0, 0.05) is 24.7 Å². The van der Waals surface area contributed by atoms with E-state index in [1.165, 1.54) is 0 Å². The van der Waals surface area contributed by atoms with Crippen LogP contribution in [0.5, 0.6) is 0 Å². The van der Waals surface area contributed by atoms with Crippen LogP contribution in [0, 0.1) is 13.8 Å². The Bertz CT molecular complexity index is 430. The second-order valence-electron chi connectivity index (χ2n) is 5.57. The van der Waals surface area contributed by atoms with Gasteiger partial charge >= 0.3 is 0 Å². The molecule has 1 atom stereocenters. The summed E-state index contributed by atoms with van der Waals surface area (Å²) in [7, 11) is 0. The molecule has 1 saturated heterocycles. The van der Waals surface area contributed by atoms with E-state index in [0.29, 0.717) is 12.5 Å². The van der Waals surface area contributed by atoms with Crippen molar-refractivity contribution in [1.82, 2.24) is 15.4 Å². The van der Waals surface area contributed by atoms with Gasteiger partial charge in [-0.15, -0.1) is 0 Å². The number of carbonyl (C=O) groups is 1. The average Bonchev–Trinajstić information content (AvgIpc) is 2.77. The van der Waals surface area contributed by atoms with Crippen LogP contribution in [0.2, 0.25) is 0 Å². The third kappa shape index (κ3) is 3.39. The molecule has 5 heteroatoms. The highest BCUT2D eigenvalue weighted by atomic mass is 16.5. The molecule has 1 aromatic rings. The molecule has 1 amide bonds. The summed E-state index contributed by atoms with van der Waals surface area (Å²) in [6.07, 6.45) is 3.63. The first kappa shape index (κ1) is 15.0. The van der Waals surface area contributed by atoms with E-state index in [2.05, 4.69) is 17.4 Å². The fourth-order valence-corrected chi connectivity index (χ4v) is 2.86. The molecule has 112 valence electrons. The second kappa shape index (κ2) is 6.88. The molecule has 1 fully saturated rings. The maximum atomic E-state index is 12.6. The fourth-order valence-electron chi connectivity index (χ4n) is 2.86. The summed E-state index contributed by atoms with van der Waals surface area (Å²) in [5.74, 6) is 0.948. The summed E-state index contributed by atoms with van der Waals surface area (Å²) < 4.78 is 5.15. The van der Waals surface area contributed by atoms with Crippen molar-refractivity contribution < 1.29 is 9.32 Å². The van der Waals surface area contributed by atoms with Crippen LogP contribution in [0.1, 0.15) is 43.2 Å². The highest BCUT2D eigenvalue weighted by Crippen LogP contribution is 2.17. The minimum Gasteiger partial charge on any atom is -0.361 e. The minimum atomic E-state index is 0.190. The lowest BCUT2D eigenvalue weighted by atomic mass is 10.0. The van der Waals surface area contributed by atoms with Gasteiger partial charge in [-0.05, 0) is 39.7 Å². The molecule has 0 aliphatic carbocycles. The third-order valence-electron chi connectivity index (χ3n) is 4.01. The van der Waals surface area contributed by atoms with E-state index in [0.717, 1.165) is 55.9 Å². The van der Waals surface area contributed by atoms with E-state index in [1.54, 1.807) is 0 Å². The molecule has 2 heterocycles. The molecule has 0 aromatic carbocycles. The normalized spacial score (nSPS) is 19.1.